The molecule has 0 radical (unpaired) electrons. The number of halogens is 3. The maximum Gasteiger partial charge on any atom is 0.417 e. The molecule has 2 heterocycles. The molecule has 2 N–H and O–H groups in total. The van der Waals surface area contributed by atoms with Gasteiger partial charge in [-0.1, -0.05) is 19.9 Å². The van der Waals surface area contributed by atoms with Crippen molar-refractivity contribution in [1.82, 2.24) is 14.8 Å². The molecule has 0 unspecified atom stereocenters. The van der Waals surface area contributed by atoms with Crippen molar-refractivity contribution in [3.05, 3.63) is 65.1 Å². The van der Waals surface area contributed by atoms with Gasteiger partial charge in [0.25, 0.3) is 5.91 Å². The Bertz CT molecular complexity index is 1040. The first kappa shape index (κ1) is 20.4. The number of carbonyl (C=O) groups excluding carboxylic acids is 1. The van der Waals surface area contributed by atoms with Crippen LogP contribution in [0.2, 0.25) is 0 Å². The van der Waals surface area contributed by atoms with E-state index in [1.165, 1.54) is 23.0 Å². The van der Waals surface area contributed by atoms with Crippen molar-refractivity contribution in [3.8, 4) is 11.6 Å². The first-order chi connectivity index (χ1) is 13.6. The Balaban J connectivity index is 1.96. The number of hydrogen-bond acceptors (Lipinski definition) is 4. The molecule has 0 saturated carbocycles. The van der Waals surface area contributed by atoms with Crippen LogP contribution >= 0.6 is 0 Å². The van der Waals surface area contributed by atoms with Gasteiger partial charge in [0, 0.05) is 6.20 Å². The minimum Gasteiger partial charge on any atom is -0.506 e. The average molecular weight is 404 g/mol. The van der Waals surface area contributed by atoms with Crippen LogP contribution in [0, 0.1) is 6.92 Å². The fraction of sp³-hybridized carbons (Fsp3) is 0.250. The second-order valence-corrected chi connectivity index (χ2v) is 6.89. The minimum atomic E-state index is -4.49. The molecular weight excluding hydrogens is 385 g/mol. The van der Waals surface area contributed by atoms with Gasteiger partial charge in [0.05, 0.1) is 28.7 Å². The van der Waals surface area contributed by atoms with Gasteiger partial charge < -0.3 is 10.4 Å². The van der Waals surface area contributed by atoms with Crippen molar-refractivity contribution in [3.63, 3.8) is 0 Å². The summed E-state index contributed by atoms with van der Waals surface area (Å²) >= 11 is 0. The summed E-state index contributed by atoms with van der Waals surface area (Å²) in [7, 11) is 0. The number of pyridine rings is 1. The molecule has 3 aromatic rings. The maximum absolute atomic E-state index is 12.8. The topological polar surface area (TPSA) is 80.0 Å². The van der Waals surface area contributed by atoms with Crippen molar-refractivity contribution >= 4 is 11.6 Å². The van der Waals surface area contributed by atoms with Gasteiger partial charge >= 0.3 is 6.18 Å². The Morgan fingerprint density at radius 1 is 1.17 bits per heavy atom. The largest absolute Gasteiger partial charge is 0.506 e. The zero-order chi connectivity index (χ0) is 21.3. The Labute approximate surface area is 165 Å². The molecule has 0 bridgehead atoms. The molecule has 0 aliphatic heterocycles. The zero-order valence-corrected chi connectivity index (χ0v) is 15.9. The van der Waals surface area contributed by atoms with Gasteiger partial charge in [-0.25, -0.2) is 9.67 Å². The summed E-state index contributed by atoms with van der Waals surface area (Å²) in [6.45, 7) is 5.49. The second kappa shape index (κ2) is 7.57. The molecule has 3 rings (SSSR count). The van der Waals surface area contributed by atoms with Crippen LogP contribution in [0.5, 0.6) is 5.75 Å². The lowest BCUT2D eigenvalue weighted by atomic mass is 10.0. The lowest BCUT2D eigenvalue weighted by molar-refractivity contribution is -0.137. The molecule has 1 aromatic carbocycles. The van der Waals surface area contributed by atoms with E-state index in [1.54, 1.807) is 12.1 Å². The summed E-state index contributed by atoms with van der Waals surface area (Å²) in [5.41, 5.74) is 0.967. The summed E-state index contributed by atoms with van der Waals surface area (Å²) in [6.07, 6.45) is -2.43. The number of aryl methyl sites for hydroxylation is 1. The molecule has 0 spiro atoms. The minimum absolute atomic E-state index is 0.0770. The fourth-order valence-corrected chi connectivity index (χ4v) is 2.89. The molecule has 2 aromatic heterocycles. The highest BCUT2D eigenvalue weighted by molar-refractivity contribution is 6.05. The number of aromatic hydroxyl groups is 1. The molecule has 0 atom stereocenters. The van der Waals surface area contributed by atoms with Crippen molar-refractivity contribution in [2.75, 3.05) is 5.32 Å². The molecule has 9 heteroatoms. The van der Waals surface area contributed by atoms with E-state index in [4.69, 9.17) is 0 Å². The summed E-state index contributed by atoms with van der Waals surface area (Å²) in [6, 6.07) is 6.93. The smallest absolute Gasteiger partial charge is 0.417 e. The number of aromatic nitrogens is 3. The Kier molecular flexibility index (Phi) is 5.32. The molecule has 0 saturated heterocycles. The highest BCUT2D eigenvalue weighted by Crippen LogP contribution is 2.30. The number of benzene rings is 1. The molecule has 0 fully saturated rings. The van der Waals surface area contributed by atoms with Crippen LogP contribution in [0.15, 0.2) is 42.7 Å². The van der Waals surface area contributed by atoms with Crippen molar-refractivity contribution in [1.29, 1.82) is 0 Å². The van der Waals surface area contributed by atoms with Crippen LogP contribution in [0.1, 0.15) is 46.9 Å². The molecule has 0 aliphatic carbocycles. The average Bonchev–Trinajstić information content (AvgIpc) is 3.09. The number of hydrogen-bond donors (Lipinski definition) is 2. The van der Waals surface area contributed by atoms with E-state index in [-0.39, 0.29) is 28.7 Å². The highest BCUT2D eigenvalue weighted by atomic mass is 19.4. The molecule has 1 amide bonds. The SMILES string of the molecule is Cc1ccc(O)c(NC(=O)c2cnn(-c3ccc(C(F)(F)F)cn3)c2C(C)C)c1. The lowest BCUT2D eigenvalue weighted by Crippen LogP contribution is -2.16. The highest BCUT2D eigenvalue weighted by Gasteiger charge is 2.31. The number of anilines is 1. The van der Waals surface area contributed by atoms with E-state index in [1.807, 2.05) is 20.8 Å². The number of carbonyl (C=O) groups is 1. The summed E-state index contributed by atoms with van der Waals surface area (Å²) in [5, 5.41) is 16.7. The van der Waals surface area contributed by atoms with Crippen molar-refractivity contribution < 1.29 is 23.1 Å². The number of nitrogens with one attached hydrogen (secondary N) is 1. The van der Waals surface area contributed by atoms with E-state index in [0.717, 1.165) is 17.8 Å². The number of alkyl halides is 3. The van der Waals surface area contributed by atoms with E-state index in [9.17, 15) is 23.1 Å². The van der Waals surface area contributed by atoms with Gasteiger partial charge in [-0.05, 0) is 42.7 Å². The van der Waals surface area contributed by atoms with E-state index in [0.29, 0.717) is 5.69 Å². The third kappa shape index (κ3) is 4.23. The van der Waals surface area contributed by atoms with Crippen LogP contribution in [0.4, 0.5) is 18.9 Å². The fourth-order valence-electron chi connectivity index (χ4n) is 2.89. The van der Waals surface area contributed by atoms with Gasteiger partial charge in [-0.15, -0.1) is 0 Å². The van der Waals surface area contributed by atoms with Crippen LogP contribution in [-0.2, 0) is 6.18 Å². The third-order valence-corrected chi connectivity index (χ3v) is 4.29. The summed E-state index contributed by atoms with van der Waals surface area (Å²) in [4.78, 5) is 16.6. The van der Waals surface area contributed by atoms with Crippen LogP contribution in [-0.4, -0.2) is 25.8 Å². The standard InChI is InChI=1S/C20H19F3N4O2/c1-11(2)18-14(19(29)26-15-8-12(3)4-6-16(15)28)10-25-27(18)17-7-5-13(9-24-17)20(21,22)23/h4-11,28H,1-3H3,(H,26,29). The molecule has 29 heavy (non-hydrogen) atoms. The van der Waals surface area contributed by atoms with E-state index < -0.39 is 17.6 Å². The normalized spacial score (nSPS) is 11.7. The Morgan fingerprint density at radius 3 is 2.48 bits per heavy atom. The Hall–Kier alpha value is -3.36. The number of phenols is 1. The van der Waals surface area contributed by atoms with E-state index in [2.05, 4.69) is 15.4 Å². The van der Waals surface area contributed by atoms with Crippen LogP contribution in [0.3, 0.4) is 0 Å². The third-order valence-electron chi connectivity index (χ3n) is 4.29. The van der Waals surface area contributed by atoms with Gasteiger partial charge in [0.15, 0.2) is 5.82 Å². The lowest BCUT2D eigenvalue weighted by Gasteiger charge is -2.13. The summed E-state index contributed by atoms with van der Waals surface area (Å²) < 4.78 is 39.7. The van der Waals surface area contributed by atoms with Gasteiger partial charge in [0.1, 0.15) is 5.75 Å². The predicted octanol–water partition coefficient (Wildman–Crippen LogP) is 4.68. The van der Waals surface area contributed by atoms with Gasteiger partial charge in [-0.2, -0.15) is 18.3 Å². The van der Waals surface area contributed by atoms with E-state index >= 15 is 0 Å². The first-order valence-electron chi connectivity index (χ1n) is 8.80. The monoisotopic (exact) mass is 404 g/mol. The molecular formula is C20H19F3N4O2. The van der Waals surface area contributed by atoms with Gasteiger partial charge in [-0.3, -0.25) is 4.79 Å². The van der Waals surface area contributed by atoms with Crippen LogP contribution in [0.25, 0.3) is 5.82 Å². The number of nitrogens with zero attached hydrogens (tertiary/aromatic N) is 3. The predicted molar refractivity (Wildman–Crippen MR) is 101 cm³/mol. The zero-order valence-electron chi connectivity index (χ0n) is 15.9. The number of amides is 1. The Morgan fingerprint density at radius 2 is 1.90 bits per heavy atom. The molecule has 152 valence electrons. The second-order valence-electron chi connectivity index (χ2n) is 6.89. The molecule has 6 nitrogen and oxygen atoms in total. The quantitative estimate of drug-likeness (QED) is 0.619. The number of phenolic OH excluding ortho intramolecular Hbond substituents is 1. The van der Waals surface area contributed by atoms with Crippen LogP contribution < -0.4 is 5.32 Å². The van der Waals surface area contributed by atoms with Crippen molar-refractivity contribution in [2.45, 2.75) is 32.9 Å². The maximum atomic E-state index is 12.8. The number of rotatable bonds is 4. The van der Waals surface area contributed by atoms with Gasteiger partial charge in [0.2, 0.25) is 0 Å². The first-order valence-corrected chi connectivity index (χ1v) is 8.80. The summed E-state index contributed by atoms with van der Waals surface area (Å²) in [5.74, 6) is -0.577. The van der Waals surface area contributed by atoms with Crippen molar-refractivity contribution in [2.24, 2.45) is 0 Å². The molecule has 0 aliphatic rings.